The van der Waals surface area contributed by atoms with Gasteiger partial charge < -0.3 is 11.1 Å². The van der Waals surface area contributed by atoms with E-state index in [2.05, 4.69) is 22.2 Å². The molecule has 5 nitrogen and oxygen atoms in total. The fourth-order valence-corrected chi connectivity index (χ4v) is 1.92. The summed E-state index contributed by atoms with van der Waals surface area (Å²) in [5, 5.41) is 7.79. The second kappa shape index (κ2) is 4.63. The Balaban J connectivity index is 1.97. The molecule has 2 heterocycles. The second-order valence-electron chi connectivity index (χ2n) is 3.90. The molecule has 5 heteroatoms. The number of piperazine rings is 1. The molecule has 0 radical (unpaired) electrons. The molecule has 0 aromatic carbocycles. The Bertz CT molecular complexity index is 314. The van der Waals surface area contributed by atoms with Crippen LogP contribution in [-0.4, -0.2) is 40.9 Å². The van der Waals surface area contributed by atoms with Gasteiger partial charge in [0.15, 0.2) is 0 Å². The van der Waals surface area contributed by atoms with Crippen LogP contribution < -0.4 is 11.1 Å². The van der Waals surface area contributed by atoms with E-state index in [9.17, 15) is 0 Å². The van der Waals surface area contributed by atoms with Crippen molar-refractivity contribution in [1.82, 2.24) is 20.0 Å². The van der Waals surface area contributed by atoms with Gasteiger partial charge in [-0.05, 0) is 6.92 Å². The Morgan fingerprint density at radius 2 is 2.20 bits per heavy atom. The third kappa shape index (κ3) is 2.49. The lowest BCUT2D eigenvalue weighted by molar-refractivity contribution is 0.230. The van der Waals surface area contributed by atoms with Crippen molar-refractivity contribution in [2.45, 2.75) is 20.0 Å². The van der Waals surface area contributed by atoms with Crippen LogP contribution in [0.5, 0.6) is 0 Å². The van der Waals surface area contributed by atoms with Crippen LogP contribution in [0.15, 0.2) is 6.07 Å². The van der Waals surface area contributed by atoms with E-state index in [-0.39, 0.29) is 0 Å². The topological polar surface area (TPSA) is 59.1 Å². The maximum atomic E-state index is 5.83. The summed E-state index contributed by atoms with van der Waals surface area (Å²) in [6.45, 7) is 8.15. The molecule has 0 amide bonds. The van der Waals surface area contributed by atoms with Crippen molar-refractivity contribution in [3.63, 3.8) is 0 Å². The minimum Gasteiger partial charge on any atom is -0.384 e. The van der Waals surface area contributed by atoms with Crippen LogP contribution in [-0.2, 0) is 13.1 Å². The van der Waals surface area contributed by atoms with Crippen LogP contribution in [0.1, 0.15) is 12.6 Å². The van der Waals surface area contributed by atoms with Gasteiger partial charge in [-0.25, -0.2) is 0 Å². The van der Waals surface area contributed by atoms with Crippen LogP contribution in [0.4, 0.5) is 5.82 Å². The van der Waals surface area contributed by atoms with Crippen LogP contribution in [0.2, 0.25) is 0 Å². The summed E-state index contributed by atoms with van der Waals surface area (Å²) in [6, 6.07) is 1.98. The fourth-order valence-electron chi connectivity index (χ4n) is 1.92. The molecule has 1 fully saturated rings. The molecule has 0 unspecified atom stereocenters. The maximum Gasteiger partial charge on any atom is 0.121 e. The number of rotatable bonds is 3. The quantitative estimate of drug-likeness (QED) is 0.729. The van der Waals surface area contributed by atoms with Crippen LogP contribution in [0.3, 0.4) is 0 Å². The third-order valence-corrected chi connectivity index (χ3v) is 2.76. The van der Waals surface area contributed by atoms with Gasteiger partial charge in [0.2, 0.25) is 0 Å². The SMILES string of the molecule is CCn1nc(CN2CCNCC2)cc1N. The van der Waals surface area contributed by atoms with Gasteiger partial charge in [0.1, 0.15) is 5.82 Å². The molecular formula is C10H19N5. The van der Waals surface area contributed by atoms with Crippen molar-refractivity contribution in [2.24, 2.45) is 0 Å². The summed E-state index contributed by atoms with van der Waals surface area (Å²) in [5.74, 6) is 0.766. The van der Waals surface area contributed by atoms with Crippen LogP contribution in [0, 0.1) is 0 Å². The Kier molecular flexibility index (Phi) is 3.23. The normalized spacial score (nSPS) is 18.2. The lowest BCUT2D eigenvalue weighted by Gasteiger charge is -2.26. The van der Waals surface area contributed by atoms with E-state index < -0.39 is 0 Å². The van der Waals surface area contributed by atoms with Gasteiger partial charge >= 0.3 is 0 Å². The average molecular weight is 209 g/mol. The summed E-state index contributed by atoms with van der Waals surface area (Å²) >= 11 is 0. The Hall–Kier alpha value is -1.07. The number of hydrogen-bond donors (Lipinski definition) is 2. The first-order valence-electron chi connectivity index (χ1n) is 5.55. The number of nitrogen functional groups attached to an aromatic ring is 1. The van der Waals surface area contributed by atoms with Gasteiger partial charge in [0.05, 0.1) is 5.69 Å². The molecule has 1 aromatic rings. The van der Waals surface area contributed by atoms with Crippen LogP contribution in [0.25, 0.3) is 0 Å². The third-order valence-electron chi connectivity index (χ3n) is 2.76. The smallest absolute Gasteiger partial charge is 0.121 e. The molecule has 0 spiro atoms. The molecule has 84 valence electrons. The molecule has 0 atom stereocenters. The van der Waals surface area contributed by atoms with Crippen molar-refractivity contribution in [3.8, 4) is 0 Å². The zero-order valence-electron chi connectivity index (χ0n) is 9.24. The second-order valence-corrected chi connectivity index (χ2v) is 3.90. The van der Waals surface area contributed by atoms with E-state index in [1.54, 1.807) is 0 Å². The van der Waals surface area contributed by atoms with Gasteiger partial charge in [-0.2, -0.15) is 5.10 Å². The van der Waals surface area contributed by atoms with E-state index in [4.69, 9.17) is 5.73 Å². The number of anilines is 1. The van der Waals surface area contributed by atoms with Gasteiger partial charge in [-0.3, -0.25) is 9.58 Å². The molecule has 15 heavy (non-hydrogen) atoms. The lowest BCUT2D eigenvalue weighted by atomic mass is 10.3. The number of hydrogen-bond acceptors (Lipinski definition) is 4. The molecule has 0 bridgehead atoms. The molecule has 1 aliphatic heterocycles. The Morgan fingerprint density at radius 1 is 1.47 bits per heavy atom. The summed E-state index contributed by atoms with van der Waals surface area (Å²) in [7, 11) is 0. The summed E-state index contributed by atoms with van der Waals surface area (Å²) in [6.07, 6.45) is 0. The van der Waals surface area contributed by atoms with Crippen LogP contribution >= 0.6 is 0 Å². The molecule has 0 saturated carbocycles. The largest absolute Gasteiger partial charge is 0.384 e. The molecule has 1 aliphatic rings. The maximum absolute atomic E-state index is 5.83. The van der Waals surface area contributed by atoms with Crippen molar-refractivity contribution in [2.75, 3.05) is 31.9 Å². The number of aryl methyl sites for hydroxylation is 1. The Morgan fingerprint density at radius 3 is 2.80 bits per heavy atom. The van der Waals surface area contributed by atoms with Gasteiger partial charge in [0.25, 0.3) is 0 Å². The summed E-state index contributed by atoms with van der Waals surface area (Å²) in [4.78, 5) is 2.40. The standard InChI is InChI=1S/C10H19N5/c1-2-15-10(11)7-9(13-15)8-14-5-3-12-4-6-14/h7,12H,2-6,8,11H2,1H3. The minimum atomic E-state index is 0.766. The highest BCUT2D eigenvalue weighted by Crippen LogP contribution is 2.09. The Labute approximate surface area is 90.2 Å². The van der Waals surface area contributed by atoms with Crippen molar-refractivity contribution in [1.29, 1.82) is 0 Å². The van der Waals surface area contributed by atoms with Gasteiger partial charge in [-0.1, -0.05) is 0 Å². The molecule has 1 aromatic heterocycles. The first-order chi connectivity index (χ1) is 7.29. The molecule has 0 aliphatic carbocycles. The first-order valence-corrected chi connectivity index (χ1v) is 5.55. The molecule has 2 rings (SSSR count). The van der Waals surface area contributed by atoms with E-state index in [1.807, 2.05) is 10.7 Å². The fraction of sp³-hybridized carbons (Fsp3) is 0.700. The average Bonchev–Trinajstić information content (AvgIpc) is 2.60. The number of nitrogens with one attached hydrogen (secondary N) is 1. The summed E-state index contributed by atoms with van der Waals surface area (Å²) in [5.41, 5.74) is 6.91. The van der Waals surface area contributed by atoms with Crippen molar-refractivity contribution in [3.05, 3.63) is 11.8 Å². The van der Waals surface area contributed by atoms with Gasteiger partial charge in [0, 0.05) is 45.3 Å². The van der Waals surface area contributed by atoms with Gasteiger partial charge in [-0.15, -0.1) is 0 Å². The minimum absolute atomic E-state index is 0.766. The highest BCUT2D eigenvalue weighted by atomic mass is 15.3. The zero-order valence-corrected chi connectivity index (χ0v) is 9.24. The van der Waals surface area contributed by atoms with E-state index in [0.717, 1.165) is 50.8 Å². The van der Waals surface area contributed by atoms with E-state index >= 15 is 0 Å². The highest BCUT2D eigenvalue weighted by molar-refractivity contribution is 5.30. The first kappa shape index (κ1) is 10.4. The van der Waals surface area contributed by atoms with Crippen molar-refractivity contribution < 1.29 is 0 Å². The molecule has 1 saturated heterocycles. The van der Waals surface area contributed by atoms with E-state index in [0.29, 0.717) is 0 Å². The number of nitrogens with zero attached hydrogens (tertiary/aromatic N) is 3. The predicted octanol–water partition coefficient (Wildman–Crippen LogP) is -0.110. The molecular weight excluding hydrogens is 190 g/mol. The lowest BCUT2D eigenvalue weighted by Crippen LogP contribution is -2.42. The predicted molar refractivity (Wildman–Crippen MR) is 60.5 cm³/mol. The number of nitrogens with two attached hydrogens (primary N) is 1. The zero-order chi connectivity index (χ0) is 10.7. The highest BCUT2D eigenvalue weighted by Gasteiger charge is 2.12. The van der Waals surface area contributed by atoms with Crippen molar-refractivity contribution >= 4 is 5.82 Å². The number of aromatic nitrogens is 2. The monoisotopic (exact) mass is 209 g/mol. The van der Waals surface area contributed by atoms with E-state index in [1.165, 1.54) is 0 Å². The molecule has 3 N–H and O–H groups in total. The summed E-state index contributed by atoms with van der Waals surface area (Å²) < 4.78 is 1.84.